The van der Waals surface area contributed by atoms with Crippen LogP contribution in [0.25, 0.3) is 0 Å². The Morgan fingerprint density at radius 1 is 1.21 bits per heavy atom. The lowest BCUT2D eigenvalue weighted by atomic mass is 10.0. The molecule has 0 spiro atoms. The van der Waals surface area contributed by atoms with Crippen LogP contribution in [0, 0.1) is 6.92 Å². The molecule has 156 valence electrons. The minimum Gasteiger partial charge on any atom is -0.495 e. The lowest BCUT2D eigenvalue weighted by Gasteiger charge is -2.34. The number of piperidine rings is 1. The van der Waals surface area contributed by atoms with Gasteiger partial charge in [-0.15, -0.1) is 0 Å². The maximum Gasteiger partial charge on any atom is 0.243 e. The first-order valence-corrected chi connectivity index (χ1v) is 11.3. The van der Waals surface area contributed by atoms with Gasteiger partial charge in [0.15, 0.2) is 0 Å². The Morgan fingerprint density at radius 3 is 2.62 bits per heavy atom. The molecule has 1 unspecified atom stereocenters. The molecule has 1 saturated heterocycles. The van der Waals surface area contributed by atoms with Crippen molar-refractivity contribution in [3.05, 3.63) is 53.1 Å². The summed E-state index contributed by atoms with van der Waals surface area (Å²) in [5.41, 5.74) is 1.58. The van der Waals surface area contributed by atoms with Crippen molar-refractivity contribution in [1.29, 1.82) is 0 Å². The average molecular weight is 437 g/mol. The highest BCUT2D eigenvalue weighted by molar-refractivity contribution is 7.89. The molecule has 29 heavy (non-hydrogen) atoms. The molecular weight excluding hydrogens is 412 g/mol. The molecule has 0 aromatic heterocycles. The number of nitrogens with zero attached hydrogens (tertiary/aromatic N) is 1. The molecule has 2 aromatic rings. The minimum absolute atomic E-state index is 0.0872. The van der Waals surface area contributed by atoms with E-state index in [1.165, 1.54) is 16.4 Å². The van der Waals surface area contributed by atoms with Crippen molar-refractivity contribution < 1.29 is 17.9 Å². The zero-order chi connectivity index (χ0) is 21.0. The minimum atomic E-state index is -3.70. The Balaban J connectivity index is 1.77. The average Bonchev–Trinajstić information content (AvgIpc) is 2.69. The second kappa shape index (κ2) is 9.15. The van der Waals surface area contributed by atoms with Crippen LogP contribution in [0.2, 0.25) is 5.02 Å². The number of nitrogens with one attached hydrogen (secondary N) is 1. The number of carbonyl (C=O) groups excluding carboxylic acids is 1. The zero-order valence-electron chi connectivity index (χ0n) is 16.5. The first-order valence-electron chi connectivity index (χ1n) is 9.53. The molecular formula is C21H25ClN2O4S. The van der Waals surface area contributed by atoms with Crippen LogP contribution in [0.5, 0.6) is 5.75 Å². The van der Waals surface area contributed by atoms with Gasteiger partial charge in [-0.1, -0.05) is 24.1 Å². The lowest BCUT2D eigenvalue weighted by Crippen LogP contribution is -2.45. The Morgan fingerprint density at radius 2 is 1.93 bits per heavy atom. The van der Waals surface area contributed by atoms with Crippen LogP contribution in [0.15, 0.2) is 47.4 Å². The Labute approximate surface area is 176 Å². The van der Waals surface area contributed by atoms with E-state index in [2.05, 4.69) is 5.32 Å². The van der Waals surface area contributed by atoms with Gasteiger partial charge in [-0.3, -0.25) is 4.79 Å². The van der Waals surface area contributed by atoms with Crippen LogP contribution in [0.1, 0.15) is 31.2 Å². The predicted molar refractivity (Wildman–Crippen MR) is 114 cm³/mol. The topological polar surface area (TPSA) is 75.7 Å². The van der Waals surface area contributed by atoms with Crippen molar-refractivity contribution in [3.63, 3.8) is 0 Å². The van der Waals surface area contributed by atoms with Gasteiger partial charge in [0.05, 0.1) is 17.7 Å². The molecule has 1 fully saturated rings. The van der Waals surface area contributed by atoms with E-state index in [0.29, 0.717) is 29.4 Å². The molecule has 0 radical (unpaired) electrons. The number of carbonyl (C=O) groups is 1. The summed E-state index contributed by atoms with van der Waals surface area (Å²) in [6.45, 7) is 2.33. The van der Waals surface area contributed by atoms with Crippen molar-refractivity contribution in [2.24, 2.45) is 0 Å². The number of methoxy groups -OCH3 is 1. The van der Waals surface area contributed by atoms with Crippen LogP contribution in [-0.4, -0.2) is 38.3 Å². The summed E-state index contributed by atoms with van der Waals surface area (Å²) in [6.07, 6.45) is 2.39. The molecule has 1 aliphatic rings. The molecule has 6 nitrogen and oxygen atoms in total. The van der Waals surface area contributed by atoms with Gasteiger partial charge in [-0.25, -0.2) is 8.42 Å². The highest BCUT2D eigenvalue weighted by Gasteiger charge is 2.34. The third-order valence-corrected chi connectivity index (χ3v) is 7.26. The summed E-state index contributed by atoms with van der Waals surface area (Å²) in [7, 11) is -2.15. The van der Waals surface area contributed by atoms with E-state index in [1.807, 2.05) is 19.1 Å². The highest BCUT2D eigenvalue weighted by Crippen LogP contribution is 2.29. The predicted octanol–water partition coefficient (Wildman–Crippen LogP) is 4.23. The van der Waals surface area contributed by atoms with Gasteiger partial charge in [0.1, 0.15) is 5.75 Å². The van der Waals surface area contributed by atoms with Crippen molar-refractivity contribution in [2.45, 2.75) is 43.5 Å². The summed E-state index contributed by atoms with van der Waals surface area (Å²) in [4.78, 5) is 12.9. The van der Waals surface area contributed by atoms with Crippen LogP contribution < -0.4 is 10.1 Å². The number of sulfonamides is 1. The van der Waals surface area contributed by atoms with Crippen molar-refractivity contribution >= 4 is 33.2 Å². The zero-order valence-corrected chi connectivity index (χ0v) is 18.1. The molecule has 1 atom stereocenters. The smallest absolute Gasteiger partial charge is 0.243 e. The third kappa shape index (κ3) is 5.10. The number of hydrogen-bond donors (Lipinski definition) is 1. The standard InChI is InChI=1S/C21H25ClN2O4S/c1-15-6-11-20(28-2)19(13-15)23-21(25)14-17-5-3-4-12-24(17)29(26,27)18-9-7-16(22)8-10-18/h6-11,13,17H,3-5,12,14H2,1-2H3,(H,23,25). The number of anilines is 1. The molecule has 0 saturated carbocycles. The van der Waals surface area contributed by atoms with Crippen LogP contribution in [-0.2, 0) is 14.8 Å². The van der Waals surface area contributed by atoms with Gasteiger partial charge in [0.2, 0.25) is 15.9 Å². The van der Waals surface area contributed by atoms with E-state index in [4.69, 9.17) is 16.3 Å². The molecule has 1 heterocycles. The summed E-state index contributed by atoms with van der Waals surface area (Å²) in [5.74, 6) is 0.329. The fourth-order valence-electron chi connectivity index (χ4n) is 3.57. The number of halogens is 1. The van der Waals surface area contributed by atoms with E-state index >= 15 is 0 Å². The molecule has 0 bridgehead atoms. The quantitative estimate of drug-likeness (QED) is 0.735. The van der Waals surface area contributed by atoms with Gasteiger partial charge >= 0.3 is 0 Å². The Bertz CT molecular complexity index is 977. The van der Waals surface area contributed by atoms with E-state index < -0.39 is 10.0 Å². The second-order valence-electron chi connectivity index (χ2n) is 7.18. The molecule has 8 heteroatoms. The fraction of sp³-hybridized carbons (Fsp3) is 0.381. The van der Waals surface area contributed by atoms with E-state index in [0.717, 1.165) is 18.4 Å². The maximum atomic E-state index is 13.1. The fourth-order valence-corrected chi connectivity index (χ4v) is 5.39. The second-order valence-corrected chi connectivity index (χ2v) is 9.50. The van der Waals surface area contributed by atoms with Gasteiger partial charge in [0, 0.05) is 24.0 Å². The summed E-state index contributed by atoms with van der Waals surface area (Å²) in [6, 6.07) is 11.3. The Hall–Kier alpha value is -2.09. The molecule has 1 amide bonds. The SMILES string of the molecule is COc1ccc(C)cc1NC(=O)CC1CCCCN1S(=O)(=O)c1ccc(Cl)cc1. The number of aryl methyl sites for hydroxylation is 1. The van der Waals surface area contributed by atoms with Gasteiger partial charge in [-0.05, 0) is 61.7 Å². The first-order chi connectivity index (χ1) is 13.8. The summed E-state index contributed by atoms with van der Waals surface area (Å²) in [5, 5.41) is 3.34. The molecule has 1 aliphatic heterocycles. The van der Waals surface area contributed by atoms with Crippen molar-refractivity contribution in [3.8, 4) is 5.75 Å². The number of hydrogen-bond acceptors (Lipinski definition) is 4. The monoisotopic (exact) mass is 436 g/mol. The first kappa shape index (κ1) is 21.6. The normalized spacial score (nSPS) is 17.7. The van der Waals surface area contributed by atoms with Crippen molar-refractivity contribution in [1.82, 2.24) is 4.31 Å². The Kier molecular flexibility index (Phi) is 6.82. The van der Waals surface area contributed by atoms with Gasteiger partial charge < -0.3 is 10.1 Å². The number of rotatable bonds is 6. The molecule has 3 rings (SSSR count). The van der Waals surface area contributed by atoms with E-state index in [-0.39, 0.29) is 23.3 Å². The largest absolute Gasteiger partial charge is 0.495 e. The summed E-state index contributed by atoms with van der Waals surface area (Å²) >= 11 is 5.89. The van der Waals surface area contributed by atoms with Crippen LogP contribution in [0.3, 0.4) is 0 Å². The van der Waals surface area contributed by atoms with Gasteiger partial charge in [-0.2, -0.15) is 4.31 Å². The molecule has 2 aromatic carbocycles. The maximum absolute atomic E-state index is 13.1. The summed E-state index contributed by atoms with van der Waals surface area (Å²) < 4.78 is 33.0. The number of ether oxygens (including phenoxy) is 1. The lowest BCUT2D eigenvalue weighted by molar-refractivity contribution is -0.117. The van der Waals surface area contributed by atoms with Crippen LogP contribution >= 0.6 is 11.6 Å². The van der Waals surface area contributed by atoms with E-state index in [9.17, 15) is 13.2 Å². The van der Waals surface area contributed by atoms with Gasteiger partial charge in [0.25, 0.3) is 0 Å². The van der Waals surface area contributed by atoms with Crippen molar-refractivity contribution in [2.75, 3.05) is 19.0 Å². The molecule has 0 aliphatic carbocycles. The number of benzene rings is 2. The van der Waals surface area contributed by atoms with E-state index in [1.54, 1.807) is 25.3 Å². The highest BCUT2D eigenvalue weighted by atomic mass is 35.5. The van der Waals surface area contributed by atoms with Crippen LogP contribution in [0.4, 0.5) is 5.69 Å². The number of amides is 1. The molecule has 1 N–H and O–H groups in total. The third-order valence-electron chi connectivity index (χ3n) is 5.04.